The van der Waals surface area contributed by atoms with Crippen LogP contribution in [0.3, 0.4) is 0 Å². The lowest BCUT2D eigenvalue weighted by Gasteiger charge is -2.08. The lowest BCUT2D eigenvalue weighted by Crippen LogP contribution is -2.05. The first-order valence-electron chi connectivity index (χ1n) is 4.14. The van der Waals surface area contributed by atoms with E-state index < -0.39 is 11.1 Å². The molecule has 2 rings (SSSR count). The molecule has 2 nitrogen and oxygen atoms in total. The number of hydrogen-bond donors (Lipinski definition) is 1. The molecule has 0 unspecified atom stereocenters. The van der Waals surface area contributed by atoms with Gasteiger partial charge in [-0.1, -0.05) is 18.2 Å². The second-order valence-electron chi connectivity index (χ2n) is 3.04. The predicted octanol–water partition coefficient (Wildman–Crippen LogP) is 3.23. The number of para-hydroxylation sites is 1. The Morgan fingerprint density at radius 2 is 1.93 bits per heavy atom. The number of benzene rings is 1. The van der Waals surface area contributed by atoms with E-state index in [1.54, 1.807) is 12.1 Å². The van der Waals surface area contributed by atoms with Crippen LogP contribution in [0.5, 0.6) is 5.75 Å². The van der Waals surface area contributed by atoms with E-state index in [0.29, 0.717) is 5.39 Å². The highest BCUT2D eigenvalue weighted by Crippen LogP contribution is 2.33. The van der Waals surface area contributed by atoms with Crippen LogP contribution in [-0.4, -0.2) is 10.1 Å². The van der Waals surface area contributed by atoms with Gasteiger partial charge in [0.05, 0.1) is 0 Å². The Morgan fingerprint density at radius 1 is 1.20 bits per heavy atom. The summed E-state index contributed by atoms with van der Waals surface area (Å²) in [5.41, 5.74) is -0.450. The van der Waals surface area contributed by atoms with Crippen LogP contribution in [0.4, 0.5) is 8.78 Å². The maximum Gasteiger partial charge on any atom is 0.364 e. The number of rotatable bonds is 1. The largest absolute Gasteiger partial charge is 0.506 e. The van der Waals surface area contributed by atoms with Crippen molar-refractivity contribution in [3.8, 4) is 5.75 Å². The first-order valence-corrected chi connectivity index (χ1v) is 4.52. The molecule has 0 spiro atoms. The van der Waals surface area contributed by atoms with Crippen molar-refractivity contribution in [2.75, 3.05) is 0 Å². The Hall–Kier alpha value is -1.42. The van der Waals surface area contributed by atoms with Crippen molar-refractivity contribution in [3.05, 3.63) is 36.0 Å². The zero-order chi connectivity index (χ0) is 11.1. The number of alkyl halides is 3. The van der Waals surface area contributed by atoms with Crippen molar-refractivity contribution in [3.63, 3.8) is 0 Å². The molecule has 1 heterocycles. The smallest absolute Gasteiger partial charge is 0.364 e. The molecular formula is C10H6ClF2NO. The first kappa shape index (κ1) is 10.1. The summed E-state index contributed by atoms with van der Waals surface area (Å²) in [5.74, 6) is -0.143. The first-order chi connectivity index (χ1) is 6.98. The van der Waals surface area contributed by atoms with Gasteiger partial charge in [0.25, 0.3) is 0 Å². The second-order valence-corrected chi connectivity index (χ2v) is 3.52. The van der Waals surface area contributed by atoms with Gasteiger partial charge in [-0.25, -0.2) is 4.98 Å². The summed E-state index contributed by atoms with van der Waals surface area (Å²) < 4.78 is 25.5. The Bertz CT molecular complexity index is 510. The van der Waals surface area contributed by atoms with Crippen LogP contribution in [0.25, 0.3) is 10.9 Å². The number of nitrogens with zero attached hydrogens (tertiary/aromatic N) is 1. The Labute approximate surface area is 89.1 Å². The normalized spacial score (nSPS) is 11.9. The maximum atomic E-state index is 12.7. The molecule has 0 aliphatic carbocycles. The van der Waals surface area contributed by atoms with E-state index in [-0.39, 0.29) is 11.3 Å². The minimum absolute atomic E-state index is 0.121. The highest BCUT2D eigenvalue weighted by Gasteiger charge is 2.29. The summed E-state index contributed by atoms with van der Waals surface area (Å²) in [6.45, 7) is 0. The van der Waals surface area contributed by atoms with Gasteiger partial charge in [-0.05, 0) is 23.7 Å². The minimum atomic E-state index is -3.52. The van der Waals surface area contributed by atoms with E-state index in [1.807, 2.05) is 0 Å². The van der Waals surface area contributed by atoms with Gasteiger partial charge in [0.2, 0.25) is 0 Å². The van der Waals surface area contributed by atoms with Crippen LogP contribution < -0.4 is 0 Å². The molecule has 1 aromatic carbocycles. The third-order valence-corrected chi connectivity index (χ3v) is 2.18. The minimum Gasteiger partial charge on any atom is -0.506 e. The monoisotopic (exact) mass is 229 g/mol. The van der Waals surface area contributed by atoms with E-state index in [2.05, 4.69) is 4.98 Å². The second kappa shape index (κ2) is 3.31. The van der Waals surface area contributed by atoms with E-state index in [9.17, 15) is 13.9 Å². The molecule has 0 amide bonds. The van der Waals surface area contributed by atoms with Gasteiger partial charge in [-0.15, -0.1) is 0 Å². The highest BCUT2D eigenvalue weighted by atomic mass is 35.5. The summed E-state index contributed by atoms with van der Waals surface area (Å²) >= 11 is 4.83. The molecule has 15 heavy (non-hydrogen) atoms. The molecule has 0 bridgehead atoms. The van der Waals surface area contributed by atoms with Gasteiger partial charge in [0.15, 0.2) is 0 Å². The van der Waals surface area contributed by atoms with Crippen molar-refractivity contribution in [2.45, 2.75) is 5.38 Å². The zero-order valence-electron chi connectivity index (χ0n) is 7.42. The van der Waals surface area contributed by atoms with Gasteiger partial charge in [-0.3, -0.25) is 0 Å². The van der Waals surface area contributed by atoms with Crippen LogP contribution in [-0.2, 0) is 5.38 Å². The van der Waals surface area contributed by atoms with Crippen LogP contribution in [0.15, 0.2) is 30.3 Å². The van der Waals surface area contributed by atoms with Crippen molar-refractivity contribution in [1.82, 2.24) is 4.98 Å². The zero-order valence-corrected chi connectivity index (χ0v) is 8.17. The molecule has 0 atom stereocenters. The number of aromatic hydroxyl groups is 1. The van der Waals surface area contributed by atoms with E-state index in [4.69, 9.17) is 11.6 Å². The molecule has 0 aliphatic rings. The summed E-state index contributed by atoms with van der Waals surface area (Å²) in [6, 6.07) is 7.23. The summed E-state index contributed by atoms with van der Waals surface area (Å²) in [6.07, 6.45) is 0. The molecule has 0 fully saturated rings. The fourth-order valence-electron chi connectivity index (χ4n) is 1.29. The molecule has 0 saturated carbocycles. The number of halogens is 3. The lowest BCUT2D eigenvalue weighted by atomic mass is 10.2. The quantitative estimate of drug-likeness (QED) is 0.762. The van der Waals surface area contributed by atoms with Crippen LogP contribution >= 0.6 is 11.6 Å². The topological polar surface area (TPSA) is 33.1 Å². The van der Waals surface area contributed by atoms with Crippen molar-refractivity contribution in [2.24, 2.45) is 0 Å². The molecule has 2 aromatic rings. The van der Waals surface area contributed by atoms with E-state index in [0.717, 1.165) is 6.07 Å². The fourth-order valence-corrected chi connectivity index (χ4v) is 1.39. The Kier molecular flexibility index (Phi) is 2.23. The predicted molar refractivity (Wildman–Crippen MR) is 53.2 cm³/mol. The number of fused-ring (bicyclic) bond motifs is 1. The highest BCUT2D eigenvalue weighted by molar-refractivity contribution is 6.21. The molecule has 0 aliphatic heterocycles. The SMILES string of the molecule is Oc1cccc2ccc(C(F)(F)Cl)nc12. The van der Waals surface area contributed by atoms with E-state index >= 15 is 0 Å². The summed E-state index contributed by atoms with van der Waals surface area (Å²) in [4.78, 5) is 3.61. The maximum absolute atomic E-state index is 12.7. The van der Waals surface area contributed by atoms with Crippen molar-refractivity contribution >= 4 is 22.5 Å². The fraction of sp³-hybridized carbons (Fsp3) is 0.100. The number of phenols is 1. The molecular weight excluding hydrogens is 224 g/mol. The van der Waals surface area contributed by atoms with Gasteiger partial charge in [0.1, 0.15) is 17.0 Å². The van der Waals surface area contributed by atoms with Crippen molar-refractivity contribution in [1.29, 1.82) is 0 Å². The molecule has 0 saturated heterocycles. The third-order valence-electron chi connectivity index (χ3n) is 1.99. The van der Waals surface area contributed by atoms with Crippen LogP contribution in [0, 0.1) is 0 Å². The number of phenolic OH excluding ortho intramolecular Hbond substituents is 1. The molecule has 1 N–H and O–H groups in total. The Morgan fingerprint density at radius 3 is 2.60 bits per heavy atom. The summed E-state index contributed by atoms with van der Waals surface area (Å²) in [7, 11) is 0. The standard InChI is InChI=1S/C10H6ClF2NO/c11-10(12,13)8-5-4-6-2-1-3-7(15)9(6)14-8/h1-5,15H. The third kappa shape index (κ3) is 1.85. The van der Waals surface area contributed by atoms with Crippen LogP contribution in [0.1, 0.15) is 5.69 Å². The van der Waals surface area contributed by atoms with Crippen molar-refractivity contribution < 1.29 is 13.9 Å². The van der Waals surface area contributed by atoms with Gasteiger partial charge >= 0.3 is 5.38 Å². The Balaban J connectivity index is 2.70. The van der Waals surface area contributed by atoms with Gasteiger partial charge in [0, 0.05) is 5.39 Å². The number of aromatic nitrogens is 1. The molecule has 5 heteroatoms. The molecule has 0 radical (unpaired) electrons. The number of hydrogen-bond acceptors (Lipinski definition) is 2. The van der Waals surface area contributed by atoms with Crippen LogP contribution in [0.2, 0.25) is 0 Å². The van der Waals surface area contributed by atoms with Gasteiger partial charge < -0.3 is 5.11 Å². The molecule has 1 aromatic heterocycles. The lowest BCUT2D eigenvalue weighted by molar-refractivity contribution is 0.0904. The van der Waals surface area contributed by atoms with Gasteiger partial charge in [-0.2, -0.15) is 8.78 Å². The molecule has 78 valence electrons. The average molecular weight is 230 g/mol. The summed E-state index contributed by atoms with van der Waals surface area (Å²) in [5, 5.41) is 6.48. The average Bonchev–Trinajstić information content (AvgIpc) is 2.16. The number of pyridine rings is 1. The van der Waals surface area contributed by atoms with E-state index in [1.165, 1.54) is 12.1 Å².